The first-order valence-corrected chi connectivity index (χ1v) is 7.30. The van der Waals surface area contributed by atoms with Crippen molar-refractivity contribution in [1.82, 2.24) is 0 Å². The zero-order chi connectivity index (χ0) is 13.7. The molecule has 1 aromatic rings. The summed E-state index contributed by atoms with van der Waals surface area (Å²) in [6.07, 6.45) is 5.00. The molecule has 3 atom stereocenters. The van der Waals surface area contributed by atoms with E-state index in [2.05, 4.69) is 31.2 Å². The molecule has 102 valence electrons. The molecule has 0 amide bonds. The van der Waals surface area contributed by atoms with Crippen molar-refractivity contribution in [2.45, 2.75) is 51.4 Å². The van der Waals surface area contributed by atoms with Gasteiger partial charge in [-0.25, -0.2) is 0 Å². The largest absolute Gasteiger partial charge is 0.481 e. The van der Waals surface area contributed by atoms with Crippen LogP contribution in [0.15, 0.2) is 24.3 Å². The number of carbonyl (C=O) groups is 1. The van der Waals surface area contributed by atoms with Crippen molar-refractivity contribution in [3.63, 3.8) is 0 Å². The second-order valence-electron chi connectivity index (χ2n) is 6.74. The summed E-state index contributed by atoms with van der Waals surface area (Å²) in [6.45, 7) is 4.25. The maximum Gasteiger partial charge on any atom is 0.309 e. The van der Waals surface area contributed by atoms with E-state index in [1.54, 1.807) is 0 Å². The maximum absolute atomic E-state index is 11.8. The molecule has 1 fully saturated rings. The molecule has 1 saturated carbocycles. The lowest BCUT2D eigenvalue weighted by Gasteiger charge is -2.53. The van der Waals surface area contributed by atoms with E-state index in [4.69, 9.17) is 0 Å². The summed E-state index contributed by atoms with van der Waals surface area (Å²) in [4.78, 5) is 11.8. The second kappa shape index (κ2) is 4.09. The summed E-state index contributed by atoms with van der Waals surface area (Å²) < 4.78 is 0. The van der Waals surface area contributed by atoms with Crippen molar-refractivity contribution in [1.29, 1.82) is 0 Å². The molecule has 0 aliphatic heterocycles. The van der Waals surface area contributed by atoms with E-state index in [-0.39, 0.29) is 11.3 Å². The molecule has 0 heterocycles. The Bertz CT molecular complexity index is 522. The van der Waals surface area contributed by atoms with Crippen LogP contribution in [0.1, 0.15) is 50.7 Å². The molecule has 2 heteroatoms. The Kier molecular flexibility index (Phi) is 2.74. The molecule has 0 radical (unpaired) electrons. The topological polar surface area (TPSA) is 37.3 Å². The third-order valence-corrected chi connectivity index (χ3v) is 5.75. The first kappa shape index (κ1) is 12.7. The molecular weight excluding hydrogens is 236 g/mol. The van der Waals surface area contributed by atoms with E-state index in [0.29, 0.717) is 0 Å². The van der Waals surface area contributed by atoms with Gasteiger partial charge in [-0.1, -0.05) is 37.6 Å². The minimum atomic E-state index is -0.609. The van der Waals surface area contributed by atoms with Gasteiger partial charge in [-0.2, -0.15) is 0 Å². The molecular formula is C17H22O2. The average Bonchev–Trinajstić information content (AvgIpc) is 2.38. The Morgan fingerprint density at radius 3 is 2.74 bits per heavy atom. The van der Waals surface area contributed by atoms with Crippen molar-refractivity contribution in [2.24, 2.45) is 11.3 Å². The molecule has 2 nitrogen and oxygen atoms in total. The Morgan fingerprint density at radius 1 is 1.26 bits per heavy atom. The van der Waals surface area contributed by atoms with Gasteiger partial charge in [0.25, 0.3) is 0 Å². The quantitative estimate of drug-likeness (QED) is 0.832. The number of aryl methyl sites for hydroxylation is 1. The Hall–Kier alpha value is -1.31. The third-order valence-electron chi connectivity index (χ3n) is 5.75. The van der Waals surface area contributed by atoms with Gasteiger partial charge in [0.2, 0.25) is 0 Å². The number of rotatable bonds is 1. The lowest BCUT2D eigenvalue weighted by atomic mass is 9.50. The number of aliphatic carboxylic acids is 1. The van der Waals surface area contributed by atoms with E-state index in [0.717, 1.165) is 32.1 Å². The molecule has 3 rings (SSSR count). The van der Waals surface area contributed by atoms with Crippen LogP contribution < -0.4 is 0 Å². The van der Waals surface area contributed by atoms with Crippen LogP contribution in [0.3, 0.4) is 0 Å². The SMILES string of the molecule is C[C@@]1(C(=O)O)CCC[C@]2(C)c3ccccc3CC[C@@H]12. The molecule has 0 aromatic heterocycles. The monoisotopic (exact) mass is 258 g/mol. The molecule has 1 N–H and O–H groups in total. The third kappa shape index (κ3) is 1.65. The standard InChI is InChI=1S/C17H22O2/c1-16-10-5-11-17(2,15(18)19)14(16)9-8-12-6-3-4-7-13(12)16/h3-4,6-7,14H,5,8-11H2,1-2H3,(H,18,19)/t14-,16-,17-/m1/s1. The molecule has 19 heavy (non-hydrogen) atoms. The van der Waals surface area contributed by atoms with Gasteiger partial charge in [-0.15, -0.1) is 0 Å². The minimum Gasteiger partial charge on any atom is -0.481 e. The van der Waals surface area contributed by atoms with Gasteiger partial charge in [-0.05, 0) is 55.1 Å². The maximum atomic E-state index is 11.8. The van der Waals surface area contributed by atoms with Crippen molar-refractivity contribution < 1.29 is 9.90 Å². The van der Waals surface area contributed by atoms with Gasteiger partial charge < -0.3 is 5.11 Å². The van der Waals surface area contributed by atoms with Crippen LogP contribution in [0, 0.1) is 11.3 Å². The van der Waals surface area contributed by atoms with Gasteiger partial charge >= 0.3 is 5.97 Å². The van der Waals surface area contributed by atoms with Gasteiger partial charge in [0, 0.05) is 0 Å². The first-order valence-electron chi connectivity index (χ1n) is 7.30. The highest BCUT2D eigenvalue weighted by molar-refractivity contribution is 5.75. The summed E-state index contributed by atoms with van der Waals surface area (Å²) in [5.74, 6) is -0.344. The molecule has 0 spiro atoms. The summed E-state index contributed by atoms with van der Waals surface area (Å²) in [6, 6.07) is 8.62. The summed E-state index contributed by atoms with van der Waals surface area (Å²) >= 11 is 0. The second-order valence-corrected chi connectivity index (χ2v) is 6.74. The van der Waals surface area contributed by atoms with Gasteiger partial charge in [0.15, 0.2) is 0 Å². The number of hydrogen-bond donors (Lipinski definition) is 1. The molecule has 2 aliphatic carbocycles. The summed E-state index contributed by atoms with van der Waals surface area (Å²) in [7, 11) is 0. The van der Waals surface area contributed by atoms with Crippen LogP contribution in [0.2, 0.25) is 0 Å². The van der Waals surface area contributed by atoms with Crippen molar-refractivity contribution in [2.75, 3.05) is 0 Å². The highest BCUT2D eigenvalue weighted by Crippen LogP contribution is 2.57. The van der Waals surface area contributed by atoms with Gasteiger partial charge in [0.05, 0.1) is 5.41 Å². The highest BCUT2D eigenvalue weighted by Gasteiger charge is 2.54. The normalized spacial score (nSPS) is 37.3. The van der Waals surface area contributed by atoms with Crippen LogP contribution in [-0.2, 0) is 16.6 Å². The van der Waals surface area contributed by atoms with Crippen molar-refractivity contribution in [3.8, 4) is 0 Å². The summed E-state index contributed by atoms with van der Waals surface area (Å²) in [5, 5.41) is 9.70. The van der Waals surface area contributed by atoms with Gasteiger partial charge in [-0.3, -0.25) is 4.79 Å². The first-order chi connectivity index (χ1) is 8.98. The zero-order valence-corrected chi connectivity index (χ0v) is 11.8. The van der Waals surface area contributed by atoms with Crippen LogP contribution in [0.5, 0.6) is 0 Å². The highest BCUT2D eigenvalue weighted by atomic mass is 16.4. The number of fused-ring (bicyclic) bond motifs is 3. The van der Waals surface area contributed by atoms with E-state index < -0.39 is 11.4 Å². The van der Waals surface area contributed by atoms with E-state index in [9.17, 15) is 9.90 Å². The van der Waals surface area contributed by atoms with Crippen LogP contribution >= 0.6 is 0 Å². The minimum absolute atomic E-state index is 0.0419. The number of carboxylic acids is 1. The molecule has 2 aliphatic rings. The van der Waals surface area contributed by atoms with E-state index in [1.165, 1.54) is 11.1 Å². The van der Waals surface area contributed by atoms with Crippen molar-refractivity contribution >= 4 is 5.97 Å². The lowest BCUT2D eigenvalue weighted by molar-refractivity contribution is -0.157. The Morgan fingerprint density at radius 2 is 2.00 bits per heavy atom. The Balaban J connectivity index is 2.12. The van der Waals surface area contributed by atoms with Crippen LogP contribution in [-0.4, -0.2) is 11.1 Å². The van der Waals surface area contributed by atoms with Crippen LogP contribution in [0.4, 0.5) is 0 Å². The lowest BCUT2D eigenvalue weighted by Crippen LogP contribution is -2.52. The smallest absolute Gasteiger partial charge is 0.309 e. The number of benzene rings is 1. The molecule has 0 bridgehead atoms. The number of carboxylic acid groups (broad SMARTS) is 1. The van der Waals surface area contributed by atoms with Gasteiger partial charge in [0.1, 0.15) is 0 Å². The fourth-order valence-electron chi connectivity index (χ4n) is 4.69. The average molecular weight is 258 g/mol. The fraction of sp³-hybridized carbons (Fsp3) is 0.588. The fourth-order valence-corrected chi connectivity index (χ4v) is 4.69. The predicted molar refractivity (Wildman–Crippen MR) is 75.2 cm³/mol. The number of hydrogen-bond acceptors (Lipinski definition) is 1. The zero-order valence-electron chi connectivity index (χ0n) is 11.8. The van der Waals surface area contributed by atoms with Crippen molar-refractivity contribution in [3.05, 3.63) is 35.4 Å². The predicted octanol–water partition coefficient (Wildman–Crippen LogP) is 3.78. The Labute approximate surface area is 114 Å². The van der Waals surface area contributed by atoms with E-state index >= 15 is 0 Å². The molecule has 0 saturated heterocycles. The molecule has 0 unspecified atom stereocenters. The van der Waals surface area contributed by atoms with E-state index in [1.807, 2.05) is 6.92 Å². The molecule has 1 aromatic carbocycles. The summed E-state index contributed by atoms with van der Waals surface area (Å²) in [5.41, 5.74) is 2.31. The van der Waals surface area contributed by atoms with Crippen LogP contribution in [0.25, 0.3) is 0 Å².